The van der Waals surface area contributed by atoms with E-state index in [1.54, 1.807) is 0 Å². The summed E-state index contributed by atoms with van der Waals surface area (Å²) < 4.78 is 11.3. The fourth-order valence-corrected chi connectivity index (χ4v) is 2.26. The van der Waals surface area contributed by atoms with Crippen LogP contribution in [0.2, 0.25) is 0 Å². The Kier molecular flexibility index (Phi) is 5.02. The Morgan fingerprint density at radius 1 is 1.28 bits per heavy atom. The minimum Gasteiger partial charge on any atom is -0.494 e. The lowest BCUT2D eigenvalue weighted by Crippen LogP contribution is -2.47. The smallest absolute Gasteiger partial charge is 0.119 e. The summed E-state index contributed by atoms with van der Waals surface area (Å²) in [6.07, 6.45) is 1.42. The van der Waals surface area contributed by atoms with Crippen molar-refractivity contribution in [1.29, 1.82) is 0 Å². The van der Waals surface area contributed by atoms with Crippen LogP contribution in [-0.4, -0.2) is 43.3 Å². The third-order valence-corrected chi connectivity index (χ3v) is 3.34. The van der Waals surface area contributed by atoms with Crippen molar-refractivity contribution in [2.45, 2.75) is 32.4 Å². The molecule has 0 aliphatic carbocycles. The first kappa shape index (κ1) is 13.4. The zero-order valence-electron chi connectivity index (χ0n) is 11.3. The van der Waals surface area contributed by atoms with Crippen molar-refractivity contribution in [2.75, 3.05) is 26.3 Å². The largest absolute Gasteiger partial charge is 0.494 e. The van der Waals surface area contributed by atoms with Crippen LogP contribution in [0, 0.1) is 0 Å². The van der Waals surface area contributed by atoms with Gasteiger partial charge in [-0.05, 0) is 32.4 Å². The Morgan fingerprint density at radius 2 is 2.06 bits per heavy atom. The van der Waals surface area contributed by atoms with E-state index < -0.39 is 0 Å². The Hall–Kier alpha value is -1.06. The van der Waals surface area contributed by atoms with E-state index in [0.29, 0.717) is 12.1 Å². The van der Waals surface area contributed by atoms with Crippen LogP contribution in [0.25, 0.3) is 0 Å². The van der Waals surface area contributed by atoms with Crippen LogP contribution >= 0.6 is 0 Å². The summed E-state index contributed by atoms with van der Waals surface area (Å²) in [5.74, 6) is 0.959. The SMILES string of the molecule is CC1CN(CCCOc2ccccc2)C(C)CO1. The fourth-order valence-electron chi connectivity index (χ4n) is 2.26. The number of rotatable bonds is 5. The Balaban J connectivity index is 1.66. The number of hydrogen-bond acceptors (Lipinski definition) is 3. The Labute approximate surface area is 110 Å². The minimum atomic E-state index is 0.358. The van der Waals surface area contributed by atoms with E-state index in [1.807, 2.05) is 30.3 Å². The van der Waals surface area contributed by atoms with Crippen molar-refractivity contribution in [2.24, 2.45) is 0 Å². The van der Waals surface area contributed by atoms with Crippen molar-refractivity contribution in [3.8, 4) is 5.75 Å². The van der Waals surface area contributed by atoms with Gasteiger partial charge in [-0.2, -0.15) is 0 Å². The van der Waals surface area contributed by atoms with Gasteiger partial charge in [-0.3, -0.25) is 4.90 Å². The third-order valence-electron chi connectivity index (χ3n) is 3.34. The maximum absolute atomic E-state index is 5.70. The lowest BCUT2D eigenvalue weighted by molar-refractivity contribution is -0.0502. The second-order valence-electron chi connectivity index (χ2n) is 5.00. The molecule has 1 aliphatic heterocycles. The van der Waals surface area contributed by atoms with Gasteiger partial charge in [0.1, 0.15) is 5.75 Å². The fraction of sp³-hybridized carbons (Fsp3) is 0.600. The molecule has 2 atom stereocenters. The molecule has 1 heterocycles. The summed E-state index contributed by atoms with van der Waals surface area (Å²) in [5.41, 5.74) is 0. The van der Waals surface area contributed by atoms with Gasteiger partial charge in [-0.1, -0.05) is 18.2 Å². The van der Waals surface area contributed by atoms with E-state index in [0.717, 1.165) is 38.5 Å². The summed E-state index contributed by atoms with van der Waals surface area (Å²) in [5, 5.41) is 0. The minimum absolute atomic E-state index is 0.358. The normalized spacial score (nSPS) is 25.0. The standard InChI is InChI=1S/C15H23NO2/c1-13-12-18-14(2)11-16(13)9-6-10-17-15-7-4-3-5-8-15/h3-5,7-8,13-14H,6,9-12H2,1-2H3. The quantitative estimate of drug-likeness (QED) is 0.749. The molecule has 2 unspecified atom stereocenters. The molecule has 1 aromatic rings. The molecule has 1 aromatic carbocycles. The Bertz CT molecular complexity index is 342. The van der Waals surface area contributed by atoms with Gasteiger partial charge >= 0.3 is 0 Å². The van der Waals surface area contributed by atoms with Crippen LogP contribution in [0.4, 0.5) is 0 Å². The first-order valence-corrected chi connectivity index (χ1v) is 6.79. The van der Waals surface area contributed by atoms with E-state index >= 15 is 0 Å². The average molecular weight is 249 g/mol. The molecule has 0 radical (unpaired) electrons. The first-order chi connectivity index (χ1) is 8.75. The van der Waals surface area contributed by atoms with E-state index in [2.05, 4.69) is 18.7 Å². The molecular formula is C15H23NO2. The lowest BCUT2D eigenvalue weighted by Gasteiger charge is -2.36. The number of para-hydroxylation sites is 1. The van der Waals surface area contributed by atoms with Crippen LogP contribution in [0.3, 0.4) is 0 Å². The molecule has 3 nitrogen and oxygen atoms in total. The van der Waals surface area contributed by atoms with E-state index in [9.17, 15) is 0 Å². The molecule has 3 heteroatoms. The molecule has 0 bridgehead atoms. The van der Waals surface area contributed by atoms with Gasteiger partial charge in [-0.15, -0.1) is 0 Å². The second kappa shape index (κ2) is 6.76. The highest BCUT2D eigenvalue weighted by molar-refractivity contribution is 5.20. The molecule has 18 heavy (non-hydrogen) atoms. The van der Waals surface area contributed by atoms with E-state index in [-0.39, 0.29) is 0 Å². The second-order valence-corrected chi connectivity index (χ2v) is 5.00. The van der Waals surface area contributed by atoms with Gasteiger partial charge in [0.2, 0.25) is 0 Å². The topological polar surface area (TPSA) is 21.7 Å². The van der Waals surface area contributed by atoms with Gasteiger partial charge in [0.25, 0.3) is 0 Å². The van der Waals surface area contributed by atoms with Crippen molar-refractivity contribution in [1.82, 2.24) is 4.90 Å². The molecule has 2 rings (SSSR count). The summed E-state index contributed by atoms with van der Waals surface area (Å²) in [4.78, 5) is 2.49. The van der Waals surface area contributed by atoms with Crippen LogP contribution < -0.4 is 4.74 Å². The van der Waals surface area contributed by atoms with Crippen LogP contribution in [0.5, 0.6) is 5.75 Å². The molecule has 0 saturated carbocycles. The molecule has 1 aliphatic rings. The number of benzene rings is 1. The number of ether oxygens (including phenoxy) is 2. The van der Waals surface area contributed by atoms with Crippen LogP contribution in [-0.2, 0) is 4.74 Å². The lowest BCUT2D eigenvalue weighted by atomic mass is 10.2. The van der Waals surface area contributed by atoms with Gasteiger partial charge in [0, 0.05) is 19.1 Å². The van der Waals surface area contributed by atoms with Crippen molar-refractivity contribution >= 4 is 0 Å². The van der Waals surface area contributed by atoms with E-state index in [1.165, 1.54) is 0 Å². The first-order valence-electron chi connectivity index (χ1n) is 6.79. The number of morpholine rings is 1. The van der Waals surface area contributed by atoms with E-state index in [4.69, 9.17) is 9.47 Å². The molecule has 0 spiro atoms. The zero-order valence-corrected chi connectivity index (χ0v) is 11.3. The molecule has 100 valence electrons. The monoisotopic (exact) mass is 249 g/mol. The van der Waals surface area contributed by atoms with Crippen molar-refractivity contribution in [3.05, 3.63) is 30.3 Å². The molecule has 1 fully saturated rings. The van der Waals surface area contributed by atoms with Crippen molar-refractivity contribution < 1.29 is 9.47 Å². The predicted molar refractivity (Wildman–Crippen MR) is 73.0 cm³/mol. The zero-order chi connectivity index (χ0) is 12.8. The van der Waals surface area contributed by atoms with Crippen LogP contribution in [0.15, 0.2) is 30.3 Å². The van der Waals surface area contributed by atoms with Gasteiger partial charge in [0.05, 0.1) is 19.3 Å². The third kappa shape index (κ3) is 4.00. The molecule has 1 saturated heterocycles. The number of hydrogen-bond donors (Lipinski definition) is 0. The molecule has 0 N–H and O–H groups in total. The highest BCUT2D eigenvalue weighted by Gasteiger charge is 2.22. The maximum Gasteiger partial charge on any atom is 0.119 e. The summed E-state index contributed by atoms with van der Waals surface area (Å²) in [6.45, 7) is 8.11. The van der Waals surface area contributed by atoms with Gasteiger partial charge in [0.15, 0.2) is 0 Å². The number of nitrogens with zero attached hydrogens (tertiary/aromatic N) is 1. The van der Waals surface area contributed by atoms with Gasteiger partial charge < -0.3 is 9.47 Å². The highest BCUT2D eigenvalue weighted by atomic mass is 16.5. The van der Waals surface area contributed by atoms with Crippen molar-refractivity contribution in [3.63, 3.8) is 0 Å². The summed E-state index contributed by atoms with van der Waals surface area (Å²) >= 11 is 0. The summed E-state index contributed by atoms with van der Waals surface area (Å²) in [7, 11) is 0. The van der Waals surface area contributed by atoms with Gasteiger partial charge in [-0.25, -0.2) is 0 Å². The highest BCUT2D eigenvalue weighted by Crippen LogP contribution is 2.12. The molecular weight excluding hydrogens is 226 g/mol. The maximum atomic E-state index is 5.70. The predicted octanol–water partition coefficient (Wildman–Crippen LogP) is 2.56. The average Bonchev–Trinajstić information content (AvgIpc) is 2.40. The summed E-state index contributed by atoms with van der Waals surface area (Å²) in [6, 6.07) is 10.5. The van der Waals surface area contributed by atoms with Crippen LogP contribution in [0.1, 0.15) is 20.3 Å². The molecule has 0 aromatic heterocycles. The molecule has 0 amide bonds. The Morgan fingerprint density at radius 3 is 2.83 bits per heavy atom.